The second kappa shape index (κ2) is 8.70. The third-order valence-electron chi connectivity index (χ3n) is 3.51. The Morgan fingerprint density at radius 2 is 2.19 bits per heavy atom. The van der Waals surface area contributed by atoms with Gasteiger partial charge in [0, 0.05) is 49.0 Å². The number of methoxy groups -OCH3 is 1. The fourth-order valence-corrected chi connectivity index (χ4v) is 2.87. The summed E-state index contributed by atoms with van der Waals surface area (Å²) in [6, 6.07) is 5.96. The van der Waals surface area contributed by atoms with Crippen molar-refractivity contribution in [3.8, 4) is 0 Å². The topological polar surface area (TPSA) is 54.0 Å². The molecule has 2 rings (SSSR count). The molecular weight excluding hydrogens is 336 g/mol. The molecule has 5 nitrogen and oxygen atoms in total. The number of rotatable bonds is 7. The molecule has 0 saturated carbocycles. The minimum absolute atomic E-state index is 0.405. The van der Waals surface area contributed by atoms with E-state index >= 15 is 0 Å². The number of aliphatic hydroxyl groups excluding tert-OH is 1. The maximum Gasteiger partial charge on any atom is 0.0839 e. The zero-order valence-electron chi connectivity index (χ0n) is 12.3. The van der Waals surface area contributed by atoms with Crippen LogP contribution >= 0.6 is 15.9 Å². The summed E-state index contributed by atoms with van der Waals surface area (Å²) in [4.78, 5) is 2.23. The quantitative estimate of drug-likeness (QED) is 0.776. The molecule has 1 fully saturated rings. The Morgan fingerprint density at radius 3 is 2.90 bits per heavy atom. The van der Waals surface area contributed by atoms with Crippen LogP contribution in [-0.2, 0) is 16.1 Å². The van der Waals surface area contributed by atoms with Gasteiger partial charge in [-0.2, -0.15) is 0 Å². The highest BCUT2D eigenvalue weighted by molar-refractivity contribution is 9.10. The van der Waals surface area contributed by atoms with Crippen LogP contribution in [0.1, 0.15) is 5.56 Å². The lowest BCUT2D eigenvalue weighted by Crippen LogP contribution is -2.42. The van der Waals surface area contributed by atoms with Gasteiger partial charge in [-0.05, 0) is 12.1 Å². The third kappa shape index (κ3) is 5.23. The van der Waals surface area contributed by atoms with Crippen molar-refractivity contribution in [1.82, 2.24) is 4.90 Å². The maximum atomic E-state index is 10.2. The number of aliphatic hydroxyl groups is 1. The van der Waals surface area contributed by atoms with E-state index in [1.165, 1.54) is 0 Å². The number of nitrogens with one attached hydrogen (secondary N) is 1. The Kier molecular flexibility index (Phi) is 6.92. The number of morpholine rings is 1. The van der Waals surface area contributed by atoms with Gasteiger partial charge >= 0.3 is 0 Å². The van der Waals surface area contributed by atoms with E-state index in [0.29, 0.717) is 19.7 Å². The molecule has 1 aromatic rings. The average molecular weight is 359 g/mol. The van der Waals surface area contributed by atoms with Crippen LogP contribution in [0.15, 0.2) is 22.7 Å². The number of anilines is 1. The highest BCUT2D eigenvalue weighted by atomic mass is 79.9. The number of benzene rings is 1. The Balaban J connectivity index is 1.85. The molecule has 0 bridgehead atoms. The standard InChI is InChI=1S/C15H23BrN2O3/c1-20-11-13-14(16)3-2-4-15(13)17-9-12(19)10-18-5-7-21-8-6-18/h2-4,12,17,19H,5-11H2,1H3. The van der Waals surface area contributed by atoms with Gasteiger partial charge in [-0.1, -0.05) is 22.0 Å². The van der Waals surface area contributed by atoms with E-state index in [0.717, 1.165) is 42.0 Å². The molecule has 2 N–H and O–H groups in total. The zero-order valence-corrected chi connectivity index (χ0v) is 13.9. The van der Waals surface area contributed by atoms with Crippen molar-refractivity contribution >= 4 is 21.6 Å². The average Bonchev–Trinajstić information content (AvgIpc) is 2.49. The van der Waals surface area contributed by atoms with Crippen LogP contribution in [0.3, 0.4) is 0 Å². The molecule has 1 unspecified atom stereocenters. The van der Waals surface area contributed by atoms with Crippen LogP contribution in [0.25, 0.3) is 0 Å². The Hall–Kier alpha value is -0.660. The molecule has 1 atom stereocenters. The number of nitrogens with zero attached hydrogens (tertiary/aromatic N) is 1. The molecule has 1 saturated heterocycles. The summed E-state index contributed by atoms with van der Waals surface area (Å²) in [6.07, 6.45) is -0.405. The first-order valence-electron chi connectivity index (χ1n) is 7.19. The van der Waals surface area contributed by atoms with Crippen molar-refractivity contribution < 1.29 is 14.6 Å². The molecule has 118 valence electrons. The van der Waals surface area contributed by atoms with Gasteiger partial charge < -0.3 is 19.9 Å². The molecular formula is C15H23BrN2O3. The van der Waals surface area contributed by atoms with E-state index in [1.807, 2.05) is 18.2 Å². The summed E-state index contributed by atoms with van der Waals surface area (Å²) >= 11 is 3.53. The number of halogens is 1. The molecule has 1 aromatic carbocycles. The summed E-state index contributed by atoms with van der Waals surface area (Å²) in [6.45, 7) is 5.01. The van der Waals surface area contributed by atoms with Crippen molar-refractivity contribution in [2.45, 2.75) is 12.7 Å². The molecule has 0 amide bonds. The summed E-state index contributed by atoms with van der Waals surface area (Å²) < 4.78 is 11.5. The van der Waals surface area contributed by atoms with Crippen molar-refractivity contribution in [2.24, 2.45) is 0 Å². The smallest absolute Gasteiger partial charge is 0.0839 e. The van der Waals surface area contributed by atoms with Crippen LogP contribution in [0.2, 0.25) is 0 Å². The van der Waals surface area contributed by atoms with Gasteiger partial charge in [-0.15, -0.1) is 0 Å². The Bertz CT molecular complexity index is 439. The molecule has 21 heavy (non-hydrogen) atoms. The predicted octanol–water partition coefficient (Wildman–Crippen LogP) is 1.70. The fraction of sp³-hybridized carbons (Fsp3) is 0.600. The van der Waals surface area contributed by atoms with Crippen LogP contribution in [-0.4, -0.2) is 62.6 Å². The van der Waals surface area contributed by atoms with E-state index in [9.17, 15) is 5.11 Å². The Morgan fingerprint density at radius 1 is 1.43 bits per heavy atom. The van der Waals surface area contributed by atoms with E-state index in [1.54, 1.807) is 7.11 Å². The van der Waals surface area contributed by atoms with E-state index in [2.05, 4.69) is 26.1 Å². The SMILES string of the molecule is COCc1c(Br)cccc1NCC(O)CN1CCOCC1. The molecule has 0 aliphatic carbocycles. The lowest BCUT2D eigenvalue weighted by Gasteiger charge is -2.28. The Labute approximate surface area is 134 Å². The van der Waals surface area contributed by atoms with Crippen LogP contribution < -0.4 is 5.32 Å². The van der Waals surface area contributed by atoms with Gasteiger partial charge in [0.25, 0.3) is 0 Å². The highest BCUT2D eigenvalue weighted by Gasteiger charge is 2.15. The van der Waals surface area contributed by atoms with Gasteiger partial charge in [0.05, 0.1) is 25.9 Å². The van der Waals surface area contributed by atoms with Crippen molar-refractivity contribution in [3.05, 3.63) is 28.2 Å². The maximum absolute atomic E-state index is 10.2. The number of hydrogen-bond donors (Lipinski definition) is 2. The summed E-state index contributed by atoms with van der Waals surface area (Å²) in [5.41, 5.74) is 2.06. The molecule has 6 heteroatoms. The second-order valence-corrected chi connectivity index (χ2v) is 6.00. The summed E-state index contributed by atoms with van der Waals surface area (Å²) in [5, 5.41) is 13.5. The van der Waals surface area contributed by atoms with E-state index in [-0.39, 0.29) is 0 Å². The predicted molar refractivity (Wildman–Crippen MR) is 86.6 cm³/mol. The van der Waals surface area contributed by atoms with Crippen LogP contribution in [0.5, 0.6) is 0 Å². The second-order valence-electron chi connectivity index (χ2n) is 5.15. The van der Waals surface area contributed by atoms with Crippen LogP contribution in [0.4, 0.5) is 5.69 Å². The first-order chi connectivity index (χ1) is 10.2. The van der Waals surface area contributed by atoms with Crippen molar-refractivity contribution in [3.63, 3.8) is 0 Å². The largest absolute Gasteiger partial charge is 0.390 e. The van der Waals surface area contributed by atoms with E-state index < -0.39 is 6.10 Å². The van der Waals surface area contributed by atoms with E-state index in [4.69, 9.17) is 9.47 Å². The lowest BCUT2D eigenvalue weighted by atomic mass is 10.2. The highest BCUT2D eigenvalue weighted by Crippen LogP contribution is 2.25. The molecule has 0 aromatic heterocycles. The number of β-amino-alcohol motifs (C(OH)–C–C–N with tert-alkyl or cyclic N) is 1. The first-order valence-corrected chi connectivity index (χ1v) is 7.98. The first kappa shape index (κ1) is 16.7. The number of ether oxygens (including phenoxy) is 2. The third-order valence-corrected chi connectivity index (χ3v) is 4.25. The van der Waals surface area contributed by atoms with Gasteiger partial charge in [0.2, 0.25) is 0 Å². The normalized spacial score (nSPS) is 17.7. The molecule has 1 aliphatic rings. The van der Waals surface area contributed by atoms with Gasteiger partial charge in [0.15, 0.2) is 0 Å². The lowest BCUT2D eigenvalue weighted by molar-refractivity contribution is 0.0171. The molecule has 0 radical (unpaired) electrons. The van der Waals surface area contributed by atoms with Gasteiger partial charge in [-0.3, -0.25) is 4.90 Å². The zero-order chi connectivity index (χ0) is 15.1. The van der Waals surface area contributed by atoms with Crippen LogP contribution in [0, 0.1) is 0 Å². The summed E-state index contributed by atoms with van der Waals surface area (Å²) in [5.74, 6) is 0. The molecule has 1 aliphatic heterocycles. The minimum atomic E-state index is -0.405. The molecule has 1 heterocycles. The van der Waals surface area contributed by atoms with Crippen molar-refractivity contribution in [1.29, 1.82) is 0 Å². The summed E-state index contributed by atoms with van der Waals surface area (Å²) in [7, 11) is 1.68. The minimum Gasteiger partial charge on any atom is -0.390 e. The fourth-order valence-electron chi connectivity index (χ4n) is 2.39. The number of hydrogen-bond acceptors (Lipinski definition) is 5. The van der Waals surface area contributed by atoms with Gasteiger partial charge in [-0.25, -0.2) is 0 Å². The monoisotopic (exact) mass is 358 g/mol. The molecule has 0 spiro atoms. The van der Waals surface area contributed by atoms with Gasteiger partial charge in [0.1, 0.15) is 0 Å². The van der Waals surface area contributed by atoms with Crippen molar-refractivity contribution in [2.75, 3.05) is 51.8 Å².